The Morgan fingerprint density at radius 1 is 1.00 bits per heavy atom. The van der Waals surface area contributed by atoms with Crippen molar-refractivity contribution in [2.75, 3.05) is 19.4 Å². The molecule has 2 rings (SSSR count). The van der Waals surface area contributed by atoms with Gasteiger partial charge in [-0.2, -0.15) is 0 Å². The number of esters is 1. The number of benzene rings is 2. The summed E-state index contributed by atoms with van der Waals surface area (Å²) in [4.78, 5) is 39.3. The average Bonchev–Trinajstić information content (AvgIpc) is 2.94. The van der Waals surface area contributed by atoms with Gasteiger partial charge in [-0.3, -0.25) is 9.69 Å². The monoisotopic (exact) mass is 590 g/mol. The maximum absolute atomic E-state index is 13.2. The third-order valence-corrected chi connectivity index (χ3v) is 7.80. The molecule has 0 spiro atoms. The van der Waals surface area contributed by atoms with Crippen LogP contribution in [0.5, 0.6) is 0 Å². The van der Waals surface area contributed by atoms with Gasteiger partial charge in [-0.15, -0.1) is 11.8 Å². The van der Waals surface area contributed by atoms with Gasteiger partial charge >= 0.3 is 12.0 Å². The van der Waals surface area contributed by atoms with Crippen LogP contribution in [-0.4, -0.2) is 50.6 Å². The van der Waals surface area contributed by atoms with Crippen LogP contribution in [0.2, 0.25) is 0 Å². The molecule has 0 saturated heterocycles. The number of nitrogens with one attached hydrogen (secondary N) is 2. The minimum atomic E-state index is -4.15. The lowest BCUT2D eigenvalue weighted by Crippen LogP contribution is -2.39. The number of urea groups is 1. The van der Waals surface area contributed by atoms with Crippen LogP contribution < -0.4 is 15.8 Å². The molecule has 0 aliphatic rings. The molecule has 218 valence electrons. The van der Waals surface area contributed by atoms with Crippen molar-refractivity contribution >= 4 is 39.7 Å². The van der Waals surface area contributed by atoms with Crippen LogP contribution in [0.15, 0.2) is 64.2 Å². The van der Waals surface area contributed by atoms with E-state index in [4.69, 9.17) is 10.5 Å². The molecule has 4 N–H and O–H groups in total. The van der Waals surface area contributed by atoms with Crippen LogP contribution in [-0.2, 0) is 30.9 Å². The number of amides is 3. The number of unbranched alkanes of at least 4 members (excludes halogenated alkanes) is 1. The van der Waals surface area contributed by atoms with E-state index in [0.29, 0.717) is 36.1 Å². The van der Waals surface area contributed by atoms with E-state index in [2.05, 4.69) is 5.32 Å². The first-order valence-electron chi connectivity index (χ1n) is 13.1. The molecule has 12 heteroatoms. The normalized spacial score (nSPS) is 11.8. The van der Waals surface area contributed by atoms with Gasteiger partial charge in [-0.25, -0.2) is 22.7 Å². The quantitative estimate of drug-likeness (QED) is 0.218. The number of carbonyl (C=O) groups excluding carboxylic acids is 3. The number of nitrogens with zero attached hydrogens (tertiary/aromatic N) is 1. The van der Waals surface area contributed by atoms with Crippen molar-refractivity contribution in [3.8, 4) is 11.1 Å². The number of carbonyl (C=O) groups is 3. The Kier molecular flexibility index (Phi) is 13.0. The van der Waals surface area contributed by atoms with Crippen molar-refractivity contribution in [1.82, 2.24) is 14.9 Å². The number of hydrogen-bond acceptors (Lipinski definition) is 8. The Labute approximate surface area is 240 Å². The molecule has 0 heterocycles. The maximum atomic E-state index is 13.2. The van der Waals surface area contributed by atoms with E-state index in [9.17, 15) is 22.8 Å². The van der Waals surface area contributed by atoms with Gasteiger partial charge in [0.15, 0.2) is 5.70 Å². The Balaban J connectivity index is 2.42. The maximum Gasteiger partial charge on any atom is 0.357 e. The molecule has 0 unspecified atom stereocenters. The van der Waals surface area contributed by atoms with Crippen molar-refractivity contribution in [1.29, 1.82) is 0 Å². The first kappa shape index (κ1) is 32.7. The van der Waals surface area contributed by atoms with Crippen molar-refractivity contribution in [3.05, 3.63) is 64.8 Å². The second-order valence-electron chi connectivity index (χ2n) is 8.78. The Morgan fingerprint density at radius 2 is 1.68 bits per heavy atom. The molecule has 0 fully saturated rings. The van der Waals surface area contributed by atoms with Gasteiger partial charge in [0.05, 0.1) is 23.1 Å². The summed E-state index contributed by atoms with van der Waals surface area (Å²) in [6.45, 7) is 6.06. The summed E-state index contributed by atoms with van der Waals surface area (Å²) < 4.78 is 33.2. The van der Waals surface area contributed by atoms with E-state index < -0.39 is 22.0 Å². The highest BCUT2D eigenvalue weighted by Gasteiger charge is 2.28. The number of rotatable bonds is 14. The molecule has 10 nitrogen and oxygen atoms in total. The van der Waals surface area contributed by atoms with Crippen LogP contribution in [0.4, 0.5) is 4.79 Å². The second kappa shape index (κ2) is 15.9. The van der Waals surface area contributed by atoms with Crippen LogP contribution in [0.3, 0.4) is 0 Å². The fraction of sp³-hybridized carbons (Fsp3) is 0.393. The van der Waals surface area contributed by atoms with Crippen molar-refractivity contribution in [3.63, 3.8) is 0 Å². The first-order valence-corrected chi connectivity index (χ1v) is 15.8. The molecule has 0 aliphatic heterocycles. The van der Waals surface area contributed by atoms with Crippen molar-refractivity contribution < 1.29 is 27.5 Å². The van der Waals surface area contributed by atoms with Crippen LogP contribution in [0.1, 0.15) is 52.0 Å². The minimum Gasteiger partial charge on any atom is -0.461 e. The molecule has 0 atom stereocenters. The lowest BCUT2D eigenvalue weighted by atomic mass is 10.0. The predicted molar refractivity (Wildman–Crippen MR) is 157 cm³/mol. The third-order valence-electron chi connectivity index (χ3n) is 5.78. The predicted octanol–water partition coefficient (Wildman–Crippen LogP) is 4.32. The minimum absolute atomic E-state index is 0.00314. The molecule has 3 amide bonds. The van der Waals surface area contributed by atoms with Crippen LogP contribution in [0.25, 0.3) is 11.1 Å². The van der Waals surface area contributed by atoms with Gasteiger partial charge < -0.3 is 15.8 Å². The van der Waals surface area contributed by atoms with E-state index in [1.807, 2.05) is 18.6 Å². The van der Waals surface area contributed by atoms with Crippen LogP contribution in [0, 0.1) is 0 Å². The van der Waals surface area contributed by atoms with E-state index in [1.165, 1.54) is 11.0 Å². The zero-order valence-electron chi connectivity index (χ0n) is 23.4. The molecule has 0 saturated carbocycles. The topological polar surface area (TPSA) is 148 Å². The second-order valence-corrected chi connectivity index (χ2v) is 11.3. The lowest BCUT2D eigenvalue weighted by Gasteiger charge is -2.26. The number of sulfonamides is 1. The Morgan fingerprint density at radius 3 is 2.27 bits per heavy atom. The van der Waals surface area contributed by atoms with Gasteiger partial charge in [0.2, 0.25) is 5.91 Å². The standard InChI is InChI=1S/C28H38N4O6S2/c1-5-8-13-24(33)32(25(26(29)39-4)27(34)38-7-3)19-20-14-16-21(17-15-20)22-11-9-10-12-23(22)40(36,37)31-28(35)30-18-6-2/h9-12,14-17H,5-8,13,18-19,29H2,1-4H3,(H2,30,31,35)/b26-25+. The largest absolute Gasteiger partial charge is 0.461 e. The molecular formula is C28H38N4O6S2. The molecule has 0 radical (unpaired) electrons. The third kappa shape index (κ3) is 9.02. The van der Waals surface area contributed by atoms with Gasteiger partial charge in [0, 0.05) is 18.5 Å². The van der Waals surface area contributed by atoms with Gasteiger partial charge in [0.25, 0.3) is 10.0 Å². The number of nitrogens with two attached hydrogens (primary N) is 1. The van der Waals surface area contributed by atoms with E-state index in [-0.39, 0.29) is 41.1 Å². The highest BCUT2D eigenvalue weighted by molar-refractivity contribution is 8.02. The number of hydrogen-bond donors (Lipinski definition) is 3. The summed E-state index contributed by atoms with van der Waals surface area (Å²) in [7, 11) is -4.15. The van der Waals surface area contributed by atoms with Gasteiger partial charge in [-0.05, 0) is 43.2 Å². The molecular weight excluding hydrogens is 552 g/mol. The molecule has 2 aromatic rings. The highest BCUT2D eigenvalue weighted by Crippen LogP contribution is 2.28. The number of ether oxygens (including phenoxy) is 1. The van der Waals surface area contributed by atoms with Crippen molar-refractivity contribution in [2.45, 2.75) is 57.9 Å². The zero-order valence-corrected chi connectivity index (χ0v) is 25.0. The SMILES string of the molecule is CCCCC(=O)N(Cc1ccc(-c2ccccc2S(=O)(=O)NC(=O)NCCC)cc1)/C(C(=O)OCC)=C(\N)SC. The summed E-state index contributed by atoms with van der Waals surface area (Å²) in [6.07, 6.45) is 4.08. The average molecular weight is 591 g/mol. The summed E-state index contributed by atoms with van der Waals surface area (Å²) >= 11 is 1.15. The van der Waals surface area contributed by atoms with Crippen molar-refractivity contribution in [2.24, 2.45) is 5.73 Å². The molecule has 0 aliphatic carbocycles. The Bertz CT molecular complexity index is 1310. The summed E-state index contributed by atoms with van der Waals surface area (Å²) in [5.74, 6) is -0.930. The lowest BCUT2D eigenvalue weighted by molar-refractivity contribution is -0.144. The molecule has 2 aromatic carbocycles. The summed E-state index contributed by atoms with van der Waals surface area (Å²) in [5, 5.41) is 2.67. The molecule has 40 heavy (non-hydrogen) atoms. The van der Waals surface area contributed by atoms with Gasteiger partial charge in [-0.1, -0.05) is 62.7 Å². The molecule has 0 aromatic heterocycles. The first-order chi connectivity index (χ1) is 19.1. The highest BCUT2D eigenvalue weighted by atomic mass is 32.2. The smallest absolute Gasteiger partial charge is 0.357 e. The molecule has 0 bridgehead atoms. The summed E-state index contributed by atoms with van der Waals surface area (Å²) in [5.41, 5.74) is 7.84. The van der Waals surface area contributed by atoms with E-state index >= 15 is 0 Å². The fourth-order valence-electron chi connectivity index (χ4n) is 3.76. The summed E-state index contributed by atoms with van der Waals surface area (Å²) in [6, 6.07) is 12.5. The fourth-order valence-corrected chi connectivity index (χ4v) is 5.30. The van der Waals surface area contributed by atoms with E-state index in [0.717, 1.165) is 18.2 Å². The van der Waals surface area contributed by atoms with E-state index in [1.54, 1.807) is 55.6 Å². The Hall–Kier alpha value is -3.51. The zero-order chi connectivity index (χ0) is 29.7. The van der Waals surface area contributed by atoms with Crippen LogP contribution >= 0.6 is 11.8 Å². The van der Waals surface area contributed by atoms with Gasteiger partial charge in [0.1, 0.15) is 0 Å². The number of thioether (sulfide) groups is 1.